The van der Waals surface area contributed by atoms with Crippen LogP contribution in [0.25, 0.3) is 0 Å². The van der Waals surface area contributed by atoms with E-state index in [0.717, 1.165) is 42.7 Å². The van der Waals surface area contributed by atoms with Gasteiger partial charge < -0.3 is 10.6 Å². The third kappa shape index (κ3) is 5.52. The van der Waals surface area contributed by atoms with Crippen molar-refractivity contribution in [2.24, 2.45) is 5.14 Å². The average Bonchev–Trinajstić information content (AvgIpc) is 2.62. The summed E-state index contributed by atoms with van der Waals surface area (Å²) in [5.74, 6) is 0. The highest BCUT2D eigenvalue weighted by atomic mass is 32.2. The molecule has 2 aromatic carbocycles. The molecule has 1 unspecified atom stereocenters. The van der Waals surface area contributed by atoms with E-state index in [9.17, 15) is 8.42 Å². The van der Waals surface area contributed by atoms with E-state index in [-0.39, 0.29) is 6.04 Å². The van der Waals surface area contributed by atoms with Gasteiger partial charge in [0.15, 0.2) is 0 Å². The number of rotatable bonds is 7. The monoisotopic (exact) mass is 388 g/mol. The molecule has 1 heterocycles. The van der Waals surface area contributed by atoms with Gasteiger partial charge in [-0.25, -0.2) is 5.14 Å². The molecule has 1 aliphatic rings. The summed E-state index contributed by atoms with van der Waals surface area (Å²) in [7, 11) is -3.84. The van der Waals surface area contributed by atoms with E-state index in [1.165, 1.54) is 0 Å². The summed E-state index contributed by atoms with van der Waals surface area (Å²) in [6, 6.07) is 17.7. The van der Waals surface area contributed by atoms with E-state index >= 15 is 0 Å². The fourth-order valence-corrected chi connectivity index (χ4v) is 4.55. The summed E-state index contributed by atoms with van der Waals surface area (Å²) in [6.07, 6.45) is 2.15. The second-order valence-electron chi connectivity index (χ2n) is 7.31. The normalized spacial score (nSPS) is 18.0. The highest BCUT2D eigenvalue weighted by molar-refractivity contribution is 7.87. The number of hydrogen-bond donors (Lipinski definition) is 4. The van der Waals surface area contributed by atoms with Crippen LogP contribution >= 0.6 is 0 Å². The van der Waals surface area contributed by atoms with Crippen LogP contribution in [0.15, 0.2) is 54.6 Å². The van der Waals surface area contributed by atoms with Crippen LogP contribution in [0.3, 0.4) is 0 Å². The van der Waals surface area contributed by atoms with Gasteiger partial charge in [-0.1, -0.05) is 42.5 Å². The lowest BCUT2D eigenvalue weighted by molar-refractivity contribution is 0.270. The van der Waals surface area contributed by atoms with Crippen molar-refractivity contribution in [2.45, 2.75) is 37.8 Å². The maximum Gasteiger partial charge on any atom is 0.274 e. The van der Waals surface area contributed by atoms with Gasteiger partial charge in [-0.05, 0) is 62.5 Å². The Hall–Kier alpha value is -1.93. The number of anilines is 1. The molecule has 0 aliphatic carbocycles. The minimum atomic E-state index is -3.84. The smallest absolute Gasteiger partial charge is 0.274 e. The molecule has 0 bridgehead atoms. The molecule has 27 heavy (non-hydrogen) atoms. The van der Waals surface area contributed by atoms with Crippen molar-refractivity contribution >= 4 is 15.9 Å². The van der Waals surface area contributed by atoms with Gasteiger partial charge in [0, 0.05) is 5.69 Å². The lowest BCUT2D eigenvalue weighted by Crippen LogP contribution is -2.62. The van der Waals surface area contributed by atoms with Gasteiger partial charge in [-0.15, -0.1) is 0 Å². The van der Waals surface area contributed by atoms with Gasteiger partial charge in [0.1, 0.15) is 0 Å². The van der Waals surface area contributed by atoms with Gasteiger partial charge in [0.05, 0.1) is 11.6 Å². The fourth-order valence-electron chi connectivity index (χ4n) is 3.84. The molecule has 2 aromatic rings. The second-order valence-corrected chi connectivity index (χ2v) is 8.63. The van der Waals surface area contributed by atoms with Crippen LogP contribution in [0.1, 0.15) is 24.0 Å². The molecule has 1 saturated heterocycles. The van der Waals surface area contributed by atoms with Crippen LogP contribution in [-0.2, 0) is 16.6 Å². The van der Waals surface area contributed by atoms with Gasteiger partial charge in [-0.2, -0.15) is 13.1 Å². The third-order valence-corrected chi connectivity index (χ3v) is 5.78. The van der Waals surface area contributed by atoms with E-state index in [0.29, 0.717) is 6.42 Å². The van der Waals surface area contributed by atoms with Crippen LogP contribution in [-0.4, -0.2) is 33.1 Å². The standard InChI is InChI=1S/C20H28N4O2S/c1-16-6-5-9-18(14-16)23-20(10-12-22-13-11-20)19(24-27(21,25)26)15-17-7-3-2-4-8-17/h2-9,14,19,22-24H,10-13,15H2,1H3,(H2,21,25,26). The summed E-state index contributed by atoms with van der Waals surface area (Å²) in [5.41, 5.74) is 2.79. The molecule has 1 fully saturated rings. The van der Waals surface area contributed by atoms with Crippen molar-refractivity contribution in [3.05, 3.63) is 65.7 Å². The van der Waals surface area contributed by atoms with E-state index in [1.54, 1.807) is 0 Å². The van der Waals surface area contributed by atoms with E-state index < -0.39 is 15.7 Å². The second kappa shape index (κ2) is 8.39. The highest BCUT2D eigenvalue weighted by Crippen LogP contribution is 2.30. The molecule has 0 spiro atoms. The Morgan fingerprint density at radius 3 is 2.44 bits per heavy atom. The van der Waals surface area contributed by atoms with Crippen LogP contribution in [0, 0.1) is 6.92 Å². The molecule has 0 saturated carbocycles. The lowest BCUT2D eigenvalue weighted by atomic mass is 9.78. The summed E-state index contributed by atoms with van der Waals surface area (Å²) in [4.78, 5) is 0. The zero-order valence-electron chi connectivity index (χ0n) is 15.6. The zero-order chi connectivity index (χ0) is 19.3. The molecular formula is C20H28N4O2S. The quantitative estimate of drug-likeness (QED) is 0.583. The Morgan fingerprint density at radius 1 is 1.11 bits per heavy atom. The Labute approximate surface area is 161 Å². The van der Waals surface area contributed by atoms with Gasteiger partial charge in [0.2, 0.25) is 0 Å². The minimum absolute atomic E-state index is 0.363. The van der Waals surface area contributed by atoms with Crippen molar-refractivity contribution in [3.8, 4) is 0 Å². The summed E-state index contributed by atoms with van der Waals surface area (Å²) in [5, 5.41) is 12.4. The molecule has 7 heteroatoms. The van der Waals surface area contributed by atoms with Crippen LogP contribution in [0.5, 0.6) is 0 Å². The van der Waals surface area contributed by atoms with Crippen molar-refractivity contribution < 1.29 is 8.42 Å². The number of piperidine rings is 1. The summed E-state index contributed by atoms with van der Waals surface area (Å²) < 4.78 is 26.6. The van der Waals surface area contributed by atoms with Gasteiger partial charge in [0.25, 0.3) is 10.2 Å². The Morgan fingerprint density at radius 2 is 1.81 bits per heavy atom. The molecule has 5 N–H and O–H groups in total. The van der Waals surface area contributed by atoms with Crippen molar-refractivity contribution in [2.75, 3.05) is 18.4 Å². The predicted octanol–water partition coefficient (Wildman–Crippen LogP) is 1.93. The molecule has 1 aliphatic heterocycles. The van der Waals surface area contributed by atoms with Crippen molar-refractivity contribution in [3.63, 3.8) is 0 Å². The average molecular weight is 389 g/mol. The van der Waals surface area contributed by atoms with Crippen LogP contribution in [0.2, 0.25) is 0 Å². The largest absolute Gasteiger partial charge is 0.378 e. The number of nitrogens with one attached hydrogen (secondary N) is 3. The number of nitrogens with two attached hydrogens (primary N) is 1. The first-order valence-corrected chi connectivity index (χ1v) is 10.8. The molecule has 146 valence electrons. The van der Waals surface area contributed by atoms with Crippen LogP contribution < -0.4 is 20.5 Å². The Kier molecular flexibility index (Phi) is 6.16. The third-order valence-electron chi connectivity index (χ3n) is 5.16. The molecule has 0 amide bonds. The van der Waals surface area contributed by atoms with Gasteiger partial charge >= 0.3 is 0 Å². The number of benzene rings is 2. The summed E-state index contributed by atoms with van der Waals surface area (Å²) in [6.45, 7) is 3.68. The first-order valence-electron chi connectivity index (χ1n) is 9.26. The minimum Gasteiger partial charge on any atom is -0.378 e. The van der Waals surface area contributed by atoms with Gasteiger partial charge in [-0.3, -0.25) is 0 Å². The highest BCUT2D eigenvalue weighted by Gasteiger charge is 2.41. The Bertz CT molecular complexity index is 849. The predicted molar refractivity (Wildman–Crippen MR) is 110 cm³/mol. The first kappa shape index (κ1) is 19.8. The number of hydrogen-bond acceptors (Lipinski definition) is 4. The molecule has 1 atom stereocenters. The Balaban J connectivity index is 1.96. The maximum atomic E-state index is 11.9. The zero-order valence-corrected chi connectivity index (χ0v) is 16.4. The number of aryl methyl sites for hydroxylation is 1. The van der Waals surface area contributed by atoms with Crippen molar-refractivity contribution in [1.82, 2.24) is 10.0 Å². The SMILES string of the molecule is Cc1cccc(NC2(C(Cc3ccccc3)NS(N)(=O)=O)CCNCC2)c1. The molecule has 0 radical (unpaired) electrons. The molecule has 6 nitrogen and oxygen atoms in total. The lowest BCUT2D eigenvalue weighted by Gasteiger charge is -2.45. The first-order chi connectivity index (χ1) is 12.9. The van der Waals surface area contributed by atoms with Crippen LogP contribution in [0.4, 0.5) is 5.69 Å². The van der Waals surface area contributed by atoms with Crippen molar-refractivity contribution in [1.29, 1.82) is 0 Å². The topological polar surface area (TPSA) is 96.2 Å². The molecule has 3 rings (SSSR count). The fraction of sp³-hybridized carbons (Fsp3) is 0.400. The molecular weight excluding hydrogens is 360 g/mol. The summed E-state index contributed by atoms with van der Waals surface area (Å²) >= 11 is 0. The molecule has 0 aromatic heterocycles. The van der Waals surface area contributed by atoms with E-state index in [2.05, 4.69) is 21.4 Å². The van der Waals surface area contributed by atoms with E-state index in [4.69, 9.17) is 5.14 Å². The maximum absolute atomic E-state index is 11.9. The van der Waals surface area contributed by atoms with E-state index in [1.807, 2.05) is 55.5 Å².